The molecule has 0 radical (unpaired) electrons. The van der Waals surface area contributed by atoms with Gasteiger partial charge in [0.05, 0.1) is 18.3 Å². The number of pyridine rings is 2. The fourth-order valence-corrected chi connectivity index (χ4v) is 4.48. The molecule has 1 aliphatic carbocycles. The summed E-state index contributed by atoms with van der Waals surface area (Å²) in [5.41, 5.74) is 8.64. The normalized spacial score (nSPS) is 14.3. The number of nitrogens with zero attached hydrogens (tertiary/aromatic N) is 2. The largest absolute Gasteiger partial charge is 0.491 e. The molecule has 3 heterocycles. The van der Waals surface area contributed by atoms with Crippen molar-refractivity contribution >= 4 is 38.4 Å². The van der Waals surface area contributed by atoms with Crippen LogP contribution in [0.15, 0.2) is 47.5 Å². The molecule has 8 heteroatoms. The van der Waals surface area contributed by atoms with Crippen molar-refractivity contribution < 1.29 is 9.13 Å². The molecule has 1 aliphatic rings. The van der Waals surface area contributed by atoms with Crippen LogP contribution < -0.4 is 16.0 Å². The molecule has 0 saturated heterocycles. The highest BCUT2D eigenvalue weighted by molar-refractivity contribution is 6.15. The van der Waals surface area contributed by atoms with E-state index in [2.05, 4.69) is 20.2 Å². The fourth-order valence-electron chi connectivity index (χ4n) is 4.48. The third-order valence-electron chi connectivity index (χ3n) is 6.41. The minimum absolute atomic E-state index is 0.0554. The Kier molecular flexibility index (Phi) is 4.14. The molecular formula is C24H20FN5O2. The first kappa shape index (κ1) is 18.8. The molecule has 0 amide bonds. The number of fused-ring (bicyclic) bond motifs is 4. The van der Waals surface area contributed by atoms with E-state index in [4.69, 9.17) is 10.5 Å². The van der Waals surface area contributed by atoms with Gasteiger partial charge in [0.1, 0.15) is 28.3 Å². The van der Waals surface area contributed by atoms with Crippen LogP contribution in [0, 0.1) is 11.7 Å². The first-order valence-electron chi connectivity index (χ1n) is 10.6. The summed E-state index contributed by atoms with van der Waals surface area (Å²) in [6, 6.07) is 8.56. The van der Waals surface area contributed by atoms with Crippen molar-refractivity contribution in [3.63, 3.8) is 0 Å². The van der Waals surface area contributed by atoms with E-state index in [0.29, 0.717) is 51.2 Å². The molecule has 0 aliphatic heterocycles. The Bertz CT molecular complexity index is 1570. The molecule has 1 saturated carbocycles. The molecule has 0 atom stereocenters. The van der Waals surface area contributed by atoms with Crippen molar-refractivity contribution in [2.75, 3.05) is 12.3 Å². The first-order valence-corrected chi connectivity index (χ1v) is 10.6. The standard InChI is InChI=1S/C24H20FN5O2/c25-17-7-6-13(16-10-28-30-22(16)17)19-15-9-18(32-11-12-3-1-4-12)23-14(5-2-8-27-23)21(15)29-24(31)20(19)26/h2,5-10,12H,1,3-4,11,26H2,(H,28,30)(H,29,31). The number of benzene rings is 2. The Labute approximate surface area is 181 Å². The molecule has 6 rings (SSSR count). The first-order chi connectivity index (χ1) is 15.6. The minimum Gasteiger partial charge on any atom is -0.491 e. The van der Waals surface area contributed by atoms with Gasteiger partial charge in [-0.2, -0.15) is 5.10 Å². The van der Waals surface area contributed by atoms with Crippen molar-refractivity contribution in [3.8, 4) is 16.9 Å². The van der Waals surface area contributed by atoms with Crippen LogP contribution in [0.3, 0.4) is 0 Å². The Morgan fingerprint density at radius 3 is 2.84 bits per heavy atom. The fraction of sp³-hybridized carbons (Fsp3) is 0.208. The van der Waals surface area contributed by atoms with Crippen LogP contribution in [0.5, 0.6) is 5.75 Å². The molecule has 2 aromatic carbocycles. The maximum Gasteiger partial charge on any atom is 0.272 e. The van der Waals surface area contributed by atoms with Crippen LogP contribution in [0.1, 0.15) is 19.3 Å². The van der Waals surface area contributed by atoms with E-state index in [1.165, 1.54) is 31.5 Å². The van der Waals surface area contributed by atoms with Crippen molar-refractivity contribution in [1.29, 1.82) is 0 Å². The summed E-state index contributed by atoms with van der Waals surface area (Å²) in [4.78, 5) is 20.3. The lowest BCUT2D eigenvalue weighted by Gasteiger charge is -2.25. The minimum atomic E-state index is -0.423. The number of ether oxygens (including phenoxy) is 1. The zero-order chi connectivity index (χ0) is 21.8. The number of nitrogens with one attached hydrogen (secondary N) is 2. The van der Waals surface area contributed by atoms with Gasteiger partial charge in [-0.15, -0.1) is 0 Å². The van der Waals surface area contributed by atoms with Crippen LogP contribution in [0.25, 0.3) is 43.8 Å². The van der Waals surface area contributed by atoms with Crippen molar-refractivity contribution in [3.05, 3.63) is 58.9 Å². The van der Waals surface area contributed by atoms with E-state index in [9.17, 15) is 9.18 Å². The molecule has 160 valence electrons. The maximum absolute atomic E-state index is 14.3. The van der Waals surface area contributed by atoms with Gasteiger partial charge in [-0.1, -0.05) is 12.5 Å². The predicted molar refractivity (Wildman–Crippen MR) is 122 cm³/mol. The summed E-state index contributed by atoms with van der Waals surface area (Å²) in [6.07, 6.45) is 6.81. The summed E-state index contributed by atoms with van der Waals surface area (Å²) in [6.45, 7) is 0.619. The van der Waals surface area contributed by atoms with Gasteiger partial charge < -0.3 is 15.5 Å². The predicted octanol–water partition coefficient (Wildman–Crippen LogP) is 4.52. The average Bonchev–Trinajstić information content (AvgIpc) is 3.26. The van der Waals surface area contributed by atoms with Crippen LogP contribution in [0.4, 0.5) is 10.1 Å². The third kappa shape index (κ3) is 2.76. The van der Waals surface area contributed by atoms with E-state index in [0.717, 1.165) is 5.39 Å². The number of H-pyrrole nitrogens is 2. The topological polar surface area (TPSA) is 110 Å². The van der Waals surface area contributed by atoms with Crippen LogP contribution in [-0.2, 0) is 0 Å². The van der Waals surface area contributed by atoms with Gasteiger partial charge in [0, 0.05) is 27.9 Å². The summed E-state index contributed by atoms with van der Waals surface area (Å²) in [5.74, 6) is 0.763. The summed E-state index contributed by atoms with van der Waals surface area (Å²) in [7, 11) is 0. The number of nitrogens with two attached hydrogens (primary N) is 1. The molecule has 0 unspecified atom stereocenters. The molecule has 5 aromatic rings. The average molecular weight is 429 g/mol. The number of aromatic nitrogens is 4. The second-order valence-electron chi connectivity index (χ2n) is 8.30. The quantitative estimate of drug-likeness (QED) is 0.364. The highest BCUT2D eigenvalue weighted by Gasteiger charge is 2.22. The number of aromatic amines is 2. The van der Waals surface area contributed by atoms with Crippen LogP contribution >= 0.6 is 0 Å². The second-order valence-corrected chi connectivity index (χ2v) is 8.30. The molecule has 3 aromatic heterocycles. The molecule has 0 spiro atoms. The van der Waals surface area contributed by atoms with Crippen LogP contribution in [-0.4, -0.2) is 26.8 Å². The van der Waals surface area contributed by atoms with Gasteiger partial charge in [0.15, 0.2) is 0 Å². The maximum atomic E-state index is 14.3. The molecular weight excluding hydrogens is 409 g/mol. The van der Waals surface area contributed by atoms with E-state index < -0.39 is 11.4 Å². The third-order valence-corrected chi connectivity index (χ3v) is 6.41. The van der Waals surface area contributed by atoms with Gasteiger partial charge in [0.2, 0.25) is 0 Å². The molecule has 0 bridgehead atoms. The summed E-state index contributed by atoms with van der Waals surface area (Å²) >= 11 is 0. The lowest BCUT2D eigenvalue weighted by molar-refractivity contribution is 0.182. The van der Waals surface area contributed by atoms with Gasteiger partial charge >= 0.3 is 0 Å². The Morgan fingerprint density at radius 1 is 1.16 bits per heavy atom. The number of halogens is 1. The van der Waals surface area contributed by atoms with Gasteiger partial charge in [-0.25, -0.2) is 4.39 Å². The number of nitrogen functional groups attached to an aromatic ring is 1. The second kappa shape index (κ2) is 7.05. The van der Waals surface area contributed by atoms with E-state index >= 15 is 0 Å². The van der Waals surface area contributed by atoms with Crippen molar-refractivity contribution in [2.45, 2.75) is 19.3 Å². The van der Waals surface area contributed by atoms with Crippen molar-refractivity contribution in [2.24, 2.45) is 5.92 Å². The number of rotatable bonds is 4. The van der Waals surface area contributed by atoms with Gasteiger partial charge in [-0.05, 0) is 48.6 Å². The van der Waals surface area contributed by atoms with E-state index in [1.54, 1.807) is 12.3 Å². The number of hydrogen-bond acceptors (Lipinski definition) is 5. The zero-order valence-electron chi connectivity index (χ0n) is 17.1. The monoisotopic (exact) mass is 429 g/mol. The number of anilines is 1. The summed E-state index contributed by atoms with van der Waals surface area (Å²) < 4.78 is 20.5. The molecule has 32 heavy (non-hydrogen) atoms. The smallest absolute Gasteiger partial charge is 0.272 e. The van der Waals surface area contributed by atoms with Crippen LogP contribution in [0.2, 0.25) is 0 Å². The zero-order valence-corrected chi connectivity index (χ0v) is 17.1. The highest BCUT2D eigenvalue weighted by Crippen LogP contribution is 2.41. The lowest BCUT2D eigenvalue weighted by atomic mass is 9.86. The Balaban J connectivity index is 1.68. The highest BCUT2D eigenvalue weighted by atomic mass is 19.1. The van der Waals surface area contributed by atoms with Gasteiger partial charge in [-0.3, -0.25) is 14.9 Å². The SMILES string of the molecule is Nc1c(-c2ccc(F)c3[nH]ncc23)c2cc(OCC3CCC3)c3ncccc3c2[nH]c1=O. The van der Waals surface area contributed by atoms with Crippen molar-refractivity contribution in [1.82, 2.24) is 20.2 Å². The van der Waals surface area contributed by atoms with E-state index in [-0.39, 0.29) is 11.2 Å². The number of hydrogen-bond donors (Lipinski definition) is 3. The van der Waals surface area contributed by atoms with E-state index in [1.807, 2.05) is 18.2 Å². The molecule has 4 N–H and O–H groups in total. The Morgan fingerprint density at radius 2 is 2.03 bits per heavy atom. The Hall–Kier alpha value is -3.94. The summed E-state index contributed by atoms with van der Waals surface area (Å²) in [5, 5.41) is 8.68. The molecule has 7 nitrogen and oxygen atoms in total. The van der Waals surface area contributed by atoms with Gasteiger partial charge in [0.25, 0.3) is 5.56 Å². The molecule has 1 fully saturated rings. The lowest BCUT2D eigenvalue weighted by Crippen LogP contribution is -2.19.